The molecule has 1 unspecified atom stereocenters. The van der Waals surface area contributed by atoms with Crippen LogP contribution in [-0.4, -0.2) is 28.6 Å². The van der Waals surface area contributed by atoms with E-state index < -0.39 is 8.80 Å². The van der Waals surface area contributed by atoms with E-state index in [4.69, 9.17) is 37.0 Å². The number of hydrogen-bond donors (Lipinski definition) is 0. The third kappa shape index (κ3) is 8.12. The van der Waals surface area contributed by atoms with Crippen molar-refractivity contribution in [1.82, 2.24) is 0 Å². The molecular formula is C37H38O8Si. The van der Waals surface area contributed by atoms with Gasteiger partial charge >= 0.3 is 8.80 Å². The fourth-order valence-electron chi connectivity index (χ4n) is 4.59. The van der Waals surface area contributed by atoms with Crippen molar-refractivity contribution in [1.29, 1.82) is 0 Å². The van der Waals surface area contributed by atoms with Crippen LogP contribution in [0.4, 0.5) is 0 Å². The van der Waals surface area contributed by atoms with Gasteiger partial charge in [0.2, 0.25) is 34.5 Å². The van der Waals surface area contributed by atoms with Gasteiger partial charge < -0.3 is 37.0 Å². The second kappa shape index (κ2) is 15.7. The van der Waals surface area contributed by atoms with Crippen LogP contribution < -0.4 is 32.5 Å². The molecule has 1 atom stereocenters. The van der Waals surface area contributed by atoms with E-state index in [9.17, 15) is 0 Å². The van der Waals surface area contributed by atoms with E-state index in [-0.39, 0.29) is 41.1 Å². The van der Waals surface area contributed by atoms with Crippen LogP contribution in [0.2, 0.25) is 6.55 Å². The molecule has 8 nitrogen and oxygen atoms in total. The molecule has 5 aromatic carbocycles. The molecular weight excluding hydrogens is 600 g/mol. The van der Waals surface area contributed by atoms with Crippen molar-refractivity contribution in [2.75, 3.05) is 19.8 Å². The van der Waals surface area contributed by atoms with Crippen LogP contribution in [-0.2, 0) is 4.43 Å². The highest BCUT2D eigenvalue weighted by atomic mass is 28.4. The third-order valence-corrected chi connectivity index (χ3v) is 8.44. The zero-order valence-electron chi connectivity index (χ0n) is 26.4. The molecule has 0 N–H and O–H groups in total. The maximum Gasteiger partial charge on any atom is 0.629 e. The molecule has 0 aromatic heterocycles. The summed E-state index contributed by atoms with van der Waals surface area (Å²) in [6.07, 6.45) is 0. The van der Waals surface area contributed by atoms with Gasteiger partial charge in [-0.2, -0.15) is 0 Å². The average molecular weight is 639 g/mol. The Morgan fingerprint density at radius 3 is 1.13 bits per heavy atom. The van der Waals surface area contributed by atoms with Crippen molar-refractivity contribution < 1.29 is 37.0 Å². The van der Waals surface area contributed by atoms with Crippen LogP contribution >= 0.6 is 0 Å². The monoisotopic (exact) mass is 638 g/mol. The third-order valence-electron chi connectivity index (χ3n) is 6.44. The number of rotatable bonds is 16. The first-order chi connectivity index (χ1) is 22.5. The van der Waals surface area contributed by atoms with Gasteiger partial charge in [0.15, 0.2) is 0 Å². The standard InChI is InChI=1S/C37H38O8Si/c1-5-38-32-33(39-6-2)37(45-46(4,40-7-3)44-31-26-18-11-19-27-31)36(43-30-24-16-10-17-25-30)35(42-29-22-14-9-15-23-29)34(32)41-28-20-12-8-13-21-28/h8-27H,5-7H2,1-4H3. The first-order valence-electron chi connectivity index (χ1n) is 15.3. The van der Waals surface area contributed by atoms with Crippen LogP contribution in [0.25, 0.3) is 0 Å². The molecule has 0 spiro atoms. The smallest absolute Gasteiger partial charge is 0.492 e. The van der Waals surface area contributed by atoms with Crippen molar-refractivity contribution in [3.8, 4) is 57.5 Å². The lowest BCUT2D eigenvalue weighted by Crippen LogP contribution is -2.49. The topological polar surface area (TPSA) is 73.8 Å². The Balaban J connectivity index is 1.80. The Bertz CT molecular complexity index is 1650. The lowest BCUT2D eigenvalue weighted by atomic mass is 10.2. The van der Waals surface area contributed by atoms with Crippen LogP contribution in [0.3, 0.4) is 0 Å². The predicted octanol–water partition coefficient (Wildman–Crippen LogP) is 9.92. The Labute approximate surface area is 271 Å². The van der Waals surface area contributed by atoms with E-state index in [0.29, 0.717) is 36.2 Å². The van der Waals surface area contributed by atoms with Crippen LogP contribution in [0.5, 0.6) is 57.5 Å². The van der Waals surface area contributed by atoms with Crippen molar-refractivity contribution >= 4 is 8.80 Å². The molecule has 0 amide bonds. The van der Waals surface area contributed by atoms with Crippen LogP contribution in [0, 0.1) is 0 Å². The first-order valence-corrected chi connectivity index (χ1v) is 17.5. The lowest BCUT2D eigenvalue weighted by Gasteiger charge is -2.30. The van der Waals surface area contributed by atoms with E-state index in [1.54, 1.807) is 0 Å². The first kappa shape index (κ1) is 32.3. The highest BCUT2D eigenvalue weighted by molar-refractivity contribution is 6.60. The van der Waals surface area contributed by atoms with E-state index in [1.807, 2.05) is 149 Å². The number of benzene rings is 5. The molecule has 0 heterocycles. The van der Waals surface area contributed by atoms with Crippen molar-refractivity contribution in [2.24, 2.45) is 0 Å². The minimum atomic E-state index is -3.50. The van der Waals surface area contributed by atoms with Crippen molar-refractivity contribution in [3.05, 3.63) is 121 Å². The maximum atomic E-state index is 6.83. The molecule has 0 aliphatic carbocycles. The van der Waals surface area contributed by atoms with E-state index in [0.717, 1.165) is 0 Å². The van der Waals surface area contributed by atoms with Gasteiger partial charge in [0.05, 0.1) is 13.2 Å². The largest absolute Gasteiger partial charge is 0.629 e. The summed E-state index contributed by atoms with van der Waals surface area (Å²) in [6.45, 7) is 8.40. The van der Waals surface area contributed by atoms with Gasteiger partial charge in [-0.1, -0.05) is 72.8 Å². The summed E-state index contributed by atoms with van der Waals surface area (Å²) in [6, 6.07) is 37.5. The Hall–Kier alpha value is -5.12. The summed E-state index contributed by atoms with van der Waals surface area (Å²) in [5, 5.41) is 0. The number of hydrogen-bond acceptors (Lipinski definition) is 8. The van der Waals surface area contributed by atoms with Gasteiger partial charge in [-0.25, -0.2) is 0 Å². The second-order valence-electron chi connectivity index (χ2n) is 9.90. The average Bonchev–Trinajstić information content (AvgIpc) is 3.08. The summed E-state index contributed by atoms with van der Waals surface area (Å²) >= 11 is 0. The van der Waals surface area contributed by atoms with Gasteiger partial charge in [0.25, 0.3) is 0 Å². The molecule has 0 aliphatic rings. The van der Waals surface area contributed by atoms with Gasteiger partial charge in [-0.15, -0.1) is 0 Å². The molecule has 0 fully saturated rings. The zero-order chi connectivity index (χ0) is 32.2. The zero-order valence-corrected chi connectivity index (χ0v) is 27.4. The fraction of sp³-hybridized carbons (Fsp3) is 0.189. The Morgan fingerprint density at radius 1 is 0.391 bits per heavy atom. The molecule has 9 heteroatoms. The van der Waals surface area contributed by atoms with E-state index >= 15 is 0 Å². The molecule has 46 heavy (non-hydrogen) atoms. The molecule has 238 valence electrons. The molecule has 5 rings (SSSR count). The number of ether oxygens (including phenoxy) is 5. The molecule has 0 saturated heterocycles. The van der Waals surface area contributed by atoms with Gasteiger partial charge in [0, 0.05) is 13.2 Å². The summed E-state index contributed by atoms with van der Waals surface area (Å²) in [5.74, 6) is 3.64. The molecule has 0 radical (unpaired) electrons. The normalized spacial score (nSPS) is 12.0. The second-order valence-corrected chi connectivity index (χ2v) is 12.3. The quantitative estimate of drug-likeness (QED) is 0.0989. The molecule has 5 aromatic rings. The molecule has 0 bridgehead atoms. The van der Waals surface area contributed by atoms with E-state index in [1.165, 1.54) is 0 Å². The van der Waals surface area contributed by atoms with Gasteiger partial charge in [-0.05, 0) is 69.3 Å². The minimum absolute atomic E-state index is 0.194. The highest BCUT2D eigenvalue weighted by Gasteiger charge is 2.44. The van der Waals surface area contributed by atoms with Gasteiger partial charge in [-0.3, -0.25) is 0 Å². The van der Waals surface area contributed by atoms with Gasteiger partial charge in [0.1, 0.15) is 23.0 Å². The summed E-state index contributed by atoms with van der Waals surface area (Å²) < 4.78 is 51.9. The van der Waals surface area contributed by atoms with Crippen LogP contribution in [0.1, 0.15) is 20.8 Å². The SMILES string of the molecule is CCOc1c(OCC)c(O[Si](C)(OCC)Oc2ccccc2)c(Oc2ccccc2)c(Oc2ccccc2)c1Oc1ccccc1. The lowest BCUT2D eigenvalue weighted by molar-refractivity contribution is 0.173. The summed E-state index contributed by atoms with van der Waals surface area (Å²) in [5.41, 5.74) is 0. The molecule has 0 saturated carbocycles. The van der Waals surface area contributed by atoms with Crippen molar-refractivity contribution in [2.45, 2.75) is 27.3 Å². The number of para-hydroxylation sites is 4. The highest BCUT2D eigenvalue weighted by Crippen LogP contribution is 2.61. The fourth-order valence-corrected chi connectivity index (χ4v) is 6.39. The Kier molecular flexibility index (Phi) is 11.0. The molecule has 0 aliphatic heterocycles. The van der Waals surface area contributed by atoms with Crippen LogP contribution in [0.15, 0.2) is 121 Å². The minimum Gasteiger partial charge on any atom is -0.492 e. The predicted molar refractivity (Wildman–Crippen MR) is 179 cm³/mol. The summed E-state index contributed by atoms with van der Waals surface area (Å²) in [7, 11) is -3.50. The maximum absolute atomic E-state index is 6.83. The Morgan fingerprint density at radius 2 is 0.739 bits per heavy atom. The van der Waals surface area contributed by atoms with E-state index in [2.05, 4.69) is 0 Å². The van der Waals surface area contributed by atoms with Crippen molar-refractivity contribution in [3.63, 3.8) is 0 Å². The summed E-state index contributed by atoms with van der Waals surface area (Å²) in [4.78, 5) is 0.